The van der Waals surface area contributed by atoms with Gasteiger partial charge in [0.15, 0.2) is 0 Å². The van der Waals surface area contributed by atoms with E-state index in [0.29, 0.717) is 17.1 Å². The Morgan fingerprint density at radius 2 is 1.86 bits per heavy atom. The summed E-state index contributed by atoms with van der Waals surface area (Å²) in [6.07, 6.45) is 0. The number of aromatic carboxylic acids is 2. The molecule has 0 bridgehead atoms. The van der Waals surface area contributed by atoms with Crippen LogP contribution in [-0.4, -0.2) is 41.4 Å². The number of nitrogens with zero attached hydrogens (tertiary/aromatic N) is 1. The lowest BCUT2D eigenvalue weighted by Crippen LogP contribution is -2.05. The van der Waals surface area contributed by atoms with Crippen LogP contribution in [0, 0.1) is 0 Å². The topological polar surface area (TPSA) is 119 Å². The third kappa shape index (κ3) is 2.64. The van der Waals surface area contributed by atoms with Crippen molar-refractivity contribution in [2.45, 2.75) is 0 Å². The highest BCUT2D eigenvalue weighted by molar-refractivity contribution is 5.98. The first-order valence-corrected chi connectivity index (χ1v) is 5.67. The third-order valence-corrected chi connectivity index (χ3v) is 2.66. The van der Waals surface area contributed by atoms with E-state index in [1.807, 2.05) is 0 Å². The fraction of sp³-hybridized carbons (Fsp3) is 0.154. The van der Waals surface area contributed by atoms with E-state index in [0.717, 1.165) is 0 Å². The van der Waals surface area contributed by atoms with E-state index in [2.05, 4.69) is 4.98 Å². The highest BCUT2D eigenvalue weighted by atomic mass is 16.5. The van der Waals surface area contributed by atoms with Crippen LogP contribution < -0.4 is 9.47 Å². The first-order valence-electron chi connectivity index (χ1n) is 5.67. The van der Waals surface area contributed by atoms with Crippen LogP contribution in [0.25, 0.3) is 11.5 Å². The largest absolute Gasteiger partial charge is 0.497 e. The Labute approximate surface area is 118 Å². The quantitative estimate of drug-likeness (QED) is 0.855. The first-order chi connectivity index (χ1) is 9.97. The van der Waals surface area contributed by atoms with Crippen LogP contribution in [0.4, 0.5) is 0 Å². The summed E-state index contributed by atoms with van der Waals surface area (Å²) >= 11 is 0. The van der Waals surface area contributed by atoms with Crippen LogP contribution in [0.3, 0.4) is 0 Å². The van der Waals surface area contributed by atoms with Gasteiger partial charge in [0.25, 0.3) is 0 Å². The molecule has 1 heterocycles. The Morgan fingerprint density at radius 3 is 2.33 bits per heavy atom. The van der Waals surface area contributed by atoms with Gasteiger partial charge < -0.3 is 24.1 Å². The average Bonchev–Trinajstić information content (AvgIpc) is 2.92. The summed E-state index contributed by atoms with van der Waals surface area (Å²) in [5.74, 6) is -3.09. The molecular weight excluding hydrogens is 282 g/mol. The average molecular weight is 293 g/mol. The number of rotatable bonds is 5. The number of carbonyl (C=O) groups is 2. The smallest absolute Gasteiger partial charge is 0.374 e. The maximum atomic E-state index is 11.0. The number of hydrogen-bond donors (Lipinski definition) is 2. The van der Waals surface area contributed by atoms with Gasteiger partial charge in [-0.1, -0.05) is 0 Å². The molecule has 110 valence electrons. The van der Waals surface area contributed by atoms with Gasteiger partial charge in [0.1, 0.15) is 11.5 Å². The number of benzene rings is 1. The van der Waals surface area contributed by atoms with Gasteiger partial charge in [0.2, 0.25) is 17.3 Å². The molecule has 21 heavy (non-hydrogen) atoms. The number of aromatic nitrogens is 1. The van der Waals surface area contributed by atoms with E-state index in [-0.39, 0.29) is 5.89 Å². The molecule has 1 aromatic heterocycles. The Kier molecular flexibility index (Phi) is 3.79. The minimum absolute atomic E-state index is 0.163. The van der Waals surface area contributed by atoms with Crippen LogP contribution in [0.5, 0.6) is 11.5 Å². The molecule has 0 aliphatic carbocycles. The lowest BCUT2D eigenvalue weighted by atomic mass is 10.2. The van der Waals surface area contributed by atoms with Crippen LogP contribution in [0.15, 0.2) is 22.6 Å². The van der Waals surface area contributed by atoms with Crippen molar-refractivity contribution in [3.05, 3.63) is 29.7 Å². The number of methoxy groups -OCH3 is 2. The van der Waals surface area contributed by atoms with Gasteiger partial charge in [-0.3, -0.25) is 0 Å². The Morgan fingerprint density at radius 1 is 1.14 bits per heavy atom. The fourth-order valence-corrected chi connectivity index (χ4v) is 1.70. The van der Waals surface area contributed by atoms with Crippen LogP contribution in [0.1, 0.15) is 21.0 Å². The van der Waals surface area contributed by atoms with Gasteiger partial charge >= 0.3 is 11.9 Å². The molecule has 0 saturated carbocycles. The van der Waals surface area contributed by atoms with Crippen LogP contribution in [-0.2, 0) is 0 Å². The van der Waals surface area contributed by atoms with Crippen molar-refractivity contribution in [1.29, 1.82) is 0 Å². The second-order valence-electron chi connectivity index (χ2n) is 3.87. The number of carboxylic acids is 2. The normalized spacial score (nSPS) is 10.2. The molecule has 0 amide bonds. The number of carboxylic acid groups (broad SMARTS) is 2. The van der Waals surface area contributed by atoms with Crippen LogP contribution in [0.2, 0.25) is 0 Å². The van der Waals surface area contributed by atoms with E-state index < -0.39 is 23.4 Å². The molecule has 0 saturated heterocycles. The summed E-state index contributed by atoms with van der Waals surface area (Å²) in [6, 6.07) is 4.66. The molecule has 0 atom stereocenters. The minimum atomic E-state index is -1.52. The number of ether oxygens (including phenoxy) is 2. The molecule has 0 radical (unpaired) electrons. The summed E-state index contributed by atoms with van der Waals surface area (Å²) in [5, 5.41) is 17.9. The zero-order valence-corrected chi connectivity index (χ0v) is 11.1. The van der Waals surface area contributed by atoms with E-state index in [4.69, 9.17) is 24.1 Å². The van der Waals surface area contributed by atoms with Crippen molar-refractivity contribution in [1.82, 2.24) is 4.98 Å². The van der Waals surface area contributed by atoms with Crippen molar-refractivity contribution in [2.75, 3.05) is 14.2 Å². The fourth-order valence-electron chi connectivity index (χ4n) is 1.70. The van der Waals surface area contributed by atoms with Gasteiger partial charge in [-0.15, -0.1) is 0 Å². The van der Waals surface area contributed by atoms with Gasteiger partial charge in [0.05, 0.1) is 19.8 Å². The molecule has 2 rings (SSSR count). The van der Waals surface area contributed by atoms with Gasteiger partial charge in [-0.25, -0.2) is 14.6 Å². The molecule has 2 aromatic rings. The second-order valence-corrected chi connectivity index (χ2v) is 3.87. The van der Waals surface area contributed by atoms with E-state index >= 15 is 0 Å². The Hall–Kier alpha value is -3.03. The van der Waals surface area contributed by atoms with Gasteiger partial charge in [0, 0.05) is 6.07 Å². The summed E-state index contributed by atoms with van der Waals surface area (Å²) < 4.78 is 15.2. The zero-order valence-electron chi connectivity index (χ0n) is 11.1. The van der Waals surface area contributed by atoms with E-state index in [1.54, 1.807) is 12.1 Å². The predicted molar refractivity (Wildman–Crippen MR) is 69.0 cm³/mol. The summed E-state index contributed by atoms with van der Waals surface area (Å²) in [6.45, 7) is 0. The lowest BCUT2D eigenvalue weighted by molar-refractivity contribution is 0.0624. The molecule has 8 heteroatoms. The summed E-state index contributed by atoms with van der Waals surface area (Å²) in [5.41, 5.74) is -0.358. The molecule has 8 nitrogen and oxygen atoms in total. The highest BCUT2D eigenvalue weighted by Gasteiger charge is 2.26. The molecular formula is C13H11NO7. The summed E-state index contributed by atoms with van der Waals surface area (Å²) in [7, 11) is 2.88. The molecule has 1 aromatic carbocycles. The van der Waals surface area contributed by atoms with Crippen LogP contribution >= 0.6 is 0 Å². The third-order valence-electron chi connectivity index (χ3n) is 2.66. The predicted octanol–water partition coefficient (Wildman–Crippen LogP) is 1.76. The first kappa shape index (κ1) is 14.4. The lowest BCUT2D eigenvalue weighted by Gasteiger charge is -2.07. The molecule has 2 N–H and O–H groups in total. The molecule has 0 aliphatic rings. The summed E-state index contributed by atoms with van der Waals surface area (Å²) in [4.78, 5) is 25.7. The Balaban J connectivity index is 2.59. The molecule has 0 unspecified atom stereocenters. The van der Waals surface area contributed by atoms with Gasteiger partial charge in [-0.05, 0) is 12.1 Å². The highest BCUT2D eigenvalue weighted by Crippen LogP contribution is 2.33. The zero-order chi connectivity index (χ0) is 15.6. The Bertz CT molecular complexity index is 673. The molecule has 0 spiro atoms. The van der Waals surface area contributed by atoms with Gasteiger partial charge in [-0.2, -0.15) is 0 Å². The van der Waals surface area contributed by atoms with Crippen molar-refractivity contribution in [2.24, 2.45) is 0 Å². The molecule has 0 fully saturated rings. The number of hydrogen-bond acceptors (Lipinski definition) is 6. The standard InChI is InChI=1S/C13H11NO7/c1-19-6-3-4-7(8(5-6)20-2)11-14-9(12(15)16)10(21-11)13(17)18/h3-5H,1-2H3,(H,15,16)(H,17,18). The monoisotopic (exact) mass is 293 g/mol. The minimum Gasteiger partial charge on any atom is -0.497 e. The maximum Gasteiger partial charge on any atom is 0.374 e. The second kappa shape index (κ2) is 5.53. The molecule has 0 aliphatic heterocycles. The van der Waals surface area contributed by atoms with E-state index in [1.165, 1.54) is 20.3 Å². The van der Waals surface area contributed by atoms with Crippen molar-refractivity contribution in [3.8, 4) is 23.0 Å². The maximum absolute atomic E-state index is 11.0. The van der Waals surface area contributed by atoms with Crippen molar-refractivity contribution < 1.29 is 33.7 Å². The van der Waals surface area contributed by atoms with Crippen molar-refractivity contribution >= 4 is 11.9 Å². The van der Waals surface area contributed by atoms with E-state index in [9.17, 15) is 9.59 Å². The SMILES string of the molecule is COc1ccc(-c2nc(C(=O)O)c(C(=O)O)o2)c(OC)c1. The van der Waals surface area contributed by atoms with Crippen molar-refractivity contribution in [3.63, 3.8) is 0 Å². The number of oxazole rings is 1.